The van der Waals surface area contributed by atoms with Gasteiger partial charge in [-0.05, 0) is 50.3 Å². The minimum Gasteiger partial charge on any atom is -0.462 e. The first kappa shape index (κ1) is 20.4. The number of hydrogen-bond acceptors (Lipinski definition) is 4. The third-order valence-corrected chi connectivity index (χ3v) is 4.48. The van der Waals surface area contributed by atoms with E-state index in [0.717, 1.165) is 30.7 Å². The second-order valence-corrected chi connectivity index (χ2v) is 6.89. The predicted molar refractivity (Wildman–Crippen MR) is 105 cm³/mol. The molecule has 0 aromatic carbocycles. The first-order chi connectivity index (χ1) is 12.7. The summed E-state index contributed by atoms with van der Waals surface area (Å²) < 4.78 is 5.36. The molecule has 2 atom stereocenters. The zero-order chi connectivity index (χ0) is 18.6. The molecule has 2 heterocycles. The Morgan fingerprint density at radius 1 is 1.35 bits per heavy atom. The first-order valence-electron chi connectivity index (χ1n) is 9.84. The Labute approximate surface area is 157 Å². The molecule has 1 aliphatic heterocycles. The molecular weight excluding hydrogens is 326 g/mol. The van der Waals surface area contributed by atoms with Crippen LogP contribution >= 0.6 is 0 Å². The maximum absolute atomic E-state index is 11.4. The topological polar surface area (TPSA) is 59.4 Å². The number of pyridine rings is 1. The number of aliphatic hydroxyl groups is 1. The Morgan fingerprint density at radius 3 is 3.04 bits per heavy atom. The van der Waals surface area contributed by atoms with Crippen molar-refractivity contribution in [3.8, 4) is 0 Å². The van der Waals surface area contributed by atoms with E-state index in [2.05, 4.69) is 18.0 Å². The maximum Gasteiger partial charge on any atom is 0.306 e. The van der Waals surface area contributed by atoms with Crippen LogP contribution in [0.1, 0.15) is 69.7 Å². The SMILES string of the molecule is CCCCCC=CCC(O)C=Cc1cccc(CC2CCCC(=O)O2)n1. The van der Waals surface area contributed by atoms with Crippen LogP contribution in [0.5, 0.6) is 0 Å². The zero-order valence-corrected chi connectivity index (χ0v) is 15.8. The average molecular weight is 357 g/mol. The van der Waals surface area contributed by atoms with E-state index in [4.69, 9.17) is 4.74 Å². The van der Waals surface area contributed by atoms with Crippen molar-refractivity contribution in [2.45, 2.75) is 76.9 Å². The molecule has 2 unspecified atom stereocenters. The van der Waals surface area contributed by atoms with Gasteiger partial charge < -0.3 is 9.84 Å². The number of cyclic esters (lactones) is 1. The highest BCUT2D eigenvalue weighted by Crippen LogP contribution is 2.18. The van der Waals surface area contributed by atoms with Crippen LogP contribution in [0.15, 0.2) is 36.4 Å². The molecule has 26 heavy (non-hydrogen) atoms. The molecule has 2 rings (SSSR count). The van der Waals surface area contributed by atoms with Crippen molar-refractivity contribution >= 4 is 12.0 Å². The summed E-state index contributed by atoms with van der Waals surface area (Å²) in [6.07, 6.45) is 15.6. The number of nitrogens with zero attached hydrogens (tertiary/aromatic N) is 1. The average Bonchev–Trinajstić information content (AvgIpc) is 2.63. The van der Waals surface area contributed by atoms with Gasteiger partial charge in [0.1, 0.15) is 6.10 Å². The smallest absolute Gasteiger partial charge is 0.306 e. The van der Waals surface area contributed by atoms with Crippen LogP contribution in [0.2, 0.25) is 0 Å². The summed E-state index contributed by atoms with van der Waals surface area (Å²) in [5, 5.41) is 10.0. The lowest BCUT2D eigenvalue weighted by Gasteiger charge is -2.21. The van der Waals surface area contributed by atoms with Crippen LogP contribution < -0.4 is 0 Å². The maximum atomic E-state index is 11.4. The monoisotopic (exact) mass is 357 g/mol. The molecule has 142 valence electrons. The first-order valence-corrected chi connectivity index (χ1v) is 9.84. The molecule has 4 nitrogen and oxygen atoms in total. The standard InChI is InChI=1S/C22H31NO3/c1-2-3-4-5-6-7-12-20(24)16-15-18-10-8-11-19(23-18)17-21-13-9-14-22(25)26-21/h6-8,10-11,15-16,20-21,24H,2-5,9,12-14,17H2,1H3. The van der Waals surface area contributed by atoms with Gasteiger partial charge in [-0.3, -0.25) is 9.78 Å². The van der Waals surface area contributed by atoms with Gasteiger partial charge in [0.2, 0.25) is 0 Å². The van der Waals surface area contributed by atoms with E-state index in [1.807, 2.05) is 30.4 Å². The van der Waals surface area contributed by atoms with Gasteiger partial charge >= 0.3 is 5.97 Å². The number of hydrogen-bond donors (Lipinski definition) is 1. The fourth-order valence-corrected chi connectivity index (χ4v) is 3.01. The summed E-state index contributed by atoms with van der Waals surface area (Å²) in [5.74, 6) is -0.108. The minimum atomic E-state index is -0.498. The number of carbonyl (C=O) groups excluding carboxylic acids is 1. The Bertz CT molecular complexity index is 609. The lowest BCUT2D eigenvalue weighted by molar-refractivity contribution is -0.153. The number of aromatic nitrogens is 1. The van der Waals surface area contributed by atoms with Crippen molar-refractivity contribution in [1.29, 1.82) is 0 Å². The molecule has 1 aromatic heterocycles. The number of esters is 1. The van der Waals surface area contributed by atoms with Gasteiger partial charge in [0, 0.05) is 18.5 Å². The largest absolute Gasteiger partial charge is 0.462 e. The van der Waals surface area contributed by atoms with E-state index in [-0.39, 0.29) is 12.1 Å². The summed E-state index contributed by atoms with van der Waals surface area (Å²) in [6.45, 7) is 2.20. The molecule has 0 radical (unpaired) electrons. The molecule has 1 aromatic rings. The van der Waals surface area contributed by atoms with Gasteiger partial charge in [0.25, 0.3) is 0 Å². The Hall–Kier alpha value is -1.94. The lowest BCUT2D eigenvalue weighted by atomic mass is 10.0. The highest BCUT2D eigenvalue weighted by Gasteiger charge is 2.20. The lowest BCUT2D eigenvalue weighted by Crippen LogP contribution is -2.25. The van der Waals surface area contributed by atoms with Crippen molar-refractivity contribution in [1.82, 2.24) is 4.98 Å². The molecule has 0 amide bonds. The highest BCUT2D eigenvalue weighted by atomic mass is 16.5. The van der Waals surface area contributed by atoms with Crippen molar-refractivity contribution in [3.63, 3.8) is 0 Å². The van der Waals surface area contributed by atoms with Crippen LogP contribution in [0.25, 0.3) is 6.08 Å². The third kappa shape index (κ3) is 7.96. The quantitative estimate of drug-likeness (QED) is 0.377. The van der Waals surface area contributed by atoms with E-state index >= 15 is 0 Å². The Balaban J connectivity index is 1.79. The Kier molecular flexibility index (Phi) is 9.11. The van der Waals surface area contributed by atoms with E-state index in [1.54, 1.807) is 6.08 Å². The molecule has 0 saturated carbocycles. The number of allylic oxidation sites excluding steroid dienone is 1. The second kappa shape index (κ2) is 11.6. The normalized spacial score (nSPS) is 19.2. The molecule has 4 heteroatoms. The molecule has 0 spiro atoms. The number of ether oxygens (including phenoxy) is 1. The van der Waals surface area contributed by atoms with E-state index in [0.29, 0.717) is 19.3 Å². The number of unbranched alkanes of at least 4 members (excludes halogenated alkanes) is 3. The van der Waals surface area contributed by atoms with E-state index in [9.17, 15) is 9.90 Å². The predicted octanol–water partition coefficient (Wildman–Crippen LogP) is 4.62. The van der Waals surface area contributed by atoms with Crippen molar-refractivity contribution in [3.05, 3.63) is 47.8 Å². The van der Waals surface area contributed by atoms with Crippen LogP contribution in [-0.4, -0.2) is 28.3 Å². The fraction of sp³-hybridized carbons (Fsp3) is 0.545. The summed E-state index contributed by atoms with van der Waals surface area (Å²) in [7, 11) is 0. The van der Waals surface area contributed by atoms with Gasteiger partial charge in [-0.2, -0.15) is 0 Å². The van der Waals surface area contributed by atoms with Gasteiger partial charge in [0.05, 0.1) is 11.8 Å². The number of carbonyl (C=O) groups is 1. The van der Waals surface area contributed by atoms with Crippen molar-refractivity contribution in [2.75, 3.05) is 0 Å². The second-order valence-electron chi connectivity index (χ2n) is 6.89. The van der Waals surface area contributed by atoms with Crippen molar-refractivity contribution < 1.29 is 14.6 Å². The summed E-state index contributed by atoms with van der Waals surface area (Å²) in [4.78, 5) is 16.0. The molecule has 1 N–H and O–H groups in total. The highest BCUT2D eigenvalue weighted by molar-refractivity contribution is 5.70. The Morgan fingerprint density at radius 2 is 2.23 bits per heavy atom. The van der Waals surface area contributed by atoms with Crippen LogP contribution in [-0.2, 0) is 16.0 Å². The van der Waals surface area contributed by atoms with Gasteiger partial charge in [-0.15, -0.1) is 0 Å². The van der Waals surface area contributed by atoms with Crippen LogP contribution in [0.4, 0.5) is 0 Å². The third-order valence-electron chi connectivity index (χ3n) is 4.48. The van der Waals surface area contributed by atoms with Crippen LogP contribution in [0, 0.1) is 0 Å². The van der Waals surface area contributed by atoms with Gasteiger partial charge in [0.15, 0.2) is 0 Å². The molecule has 1 fully saturated rings. The summed E-state index contributed by atoms with van der Waals surface area (Å²) >= 11 is 0. The molecule has 0 bridgehead atoms. The van der Waals surface area contributed by atoms with Gasteiger partial charge in [-0.25, -0.2) is 0 Å². The van der Waals surface area contributed by atoms with Crippen LogP contribution in [0.3, 0.4) is 0 Å². The van der Waals surface area contributed by atoms with E-state index < -0.39 is 6.10 Å². The summed E-state index contributed by atoms with van der Waals surface area (Å²) in [6, 6.07) is 5.82. The summed E-state index contributed by atoms with van der Waals surface area (Å²) in [5.41, 5.74) is 1.73. The number of aliphatic hydroxyl groups excluding tert-OH is 1. The van der Waals surface area contributed by atoms with Crippen molar-refractivity contribution in [2.24, 2.45) is 0 Å². The van der Waals surface area contributed by atoms with E-state index in [1.165, 1.54) is 19.3 Å². The minimum absolute atomic E-state index is 0.0635. The molecule has 1 saturated heterocycles. The fourth-order valence-electron chi connectivity index (χ4n) is 3.01. The molecule has 1 aliphatic rings. The number of rotatable bonds is 10. The zero-order valence-electron chi connectivity index (χ0n) is 15.8. The molecule has 0 aliphatic carbocycles. The van der Waals surface area contributed by atoms with Gasteiger partial charge in [-0.1, -0.05) is 44.1 Å². The molecular formula is C22H31NO3.